The van der Waals surface area contributed by atoms with Gasteiger partial charge in [0.05, 0.1) is 10.8 Å². The molecule has 0 aromatic rings. The van der Waals surface area contributed by atoms with E-state index in [0.29, 0.717) is 25.7 Å². The SMILES string of the molecule is CC[C@@]1(C(=O)O)CCCC[C@]1(CC)C(=O)O. The van der Waals surface area contributed by atoms with Gasteiger partial charge in [-0.3, -0.25) is 9.59 Å². The van der Waals surface area contributed by atoms with Crippen molar-refractivity contribution >= 4 is 11.9 Å². The van der Waals surface area contributed by atoms with E-state index < -0.39 is 22.8 Å². The van der Waals surface area contributed by atoms with Crippen LogP contribution in [0.15, 0.2) is 0 Å². The van der Waals surface area contributed by atoms with Crippen LogP contribution in [0, 0.1) is 10.8 Å². The van der Waals surface area contributed by atoms with E-state index in [-0.39, 0.29) is 0 Å². The van der Waals surface area contributed by atoms with Crippen LogP contribution >= 0.6 is 0 Å². The van der Waals surface area contributed by atoms with E-state index in [9.17, 15) is 19.8 Å². The molecule has 4 heteroatoms. The third kappa shape index (κ3) is 1.51. The van der Waals surface area contributed by atoms with E-state index in [2.05, 4.69) is 0 Å². The summed E-state index contributed by atoms with van der Waals surface area (Å²) in [5.74, 6) is -1.89. The monoisotopic (exact) mass is 228 g/mol. The fraction of sp³-hybridized carbons (Fsp3) is 0.833. The van der Waals surface area contributed by atoms with E-state index in [4.69, 9.17) is 0 Å². The molecule has 1 rings (SSSR count). The molecule has 92 valence electrons. The molecular formula is C12H20O4. The Labute approximate surface area is 95.7 Å². The van der Waals surface area contributed by atoms with Gasteiger partial charge >= 0.3 is 11.9 Å². The minimum atomic E-state index is -1.08. The van der Waals surface area contributed by atoms with Gasteiger partial charge in [0, 0.05) is 0 Å². The molecule has 1 fully saturated rings. The molecule has 0 radical (unpaired) electrons. The fourth-order valence-corrected chi connectivity index (χ4v) is 3.29. The van der Waals surface area contributed by atoms with Crippen molar-refractivity contribution in [2.75, 3.05) is 0 Å². The molecule has 0 bridgehead atoms. The summed E-state index contributed by atoms with van der Waals surface area (Å²) < 4.78 is 0. The van der Waals surface area contributed by atoms with Crippen LogP contribution in [0.25, 0.3) is 0 Å². The second-order valence-corrected chi connectivity index (χ2v) is 4.69. The van der Waals surface area contributed by atoms with Crippen LogP contribution in [0.4, 0.5) is 0 Å². The molecule has 0 aliphatic heterocycles. The van der Waals surface area contributed by atoms with Gasteiger partial charge in [0.25, 0.3) is 0 Å². The first-order valence-corrected chi connectivity index (χ1v) is 5.93. The smallest absolute Gasteiger partial charge is 0.310 e. The van der Waals surface area contributed by atoms with Crippen LogP contribution in [0.1, 0.15) is 52.4 Å². The molecule has 0 unspecified atom stereocenters. The lowest BCUT2D eigenvalue weighted by Gasteiger charge is -2.47. The first kappa shape index (κ1) is 13.0. The highest BCUT2D eigenvalue weighted by molar-refractivity contribution is 5.86. The average Bonchev–Trinajstić information content (AvgIpc) is 2.27. The van der Waals surface area contributed by atoms with Gasteiger partial charge in [-0.1, -0.05) is 26.7 Å². The predicted molar refractivity (Wildman–Crippen MR) is 59.2 cm³/mol. The van der Waals surface area contributed by atoms with Crippen molar-refractivity contribution in [3.8, 4) is 0 Å². The summed E-state index contributed by atoms with van der Waals surface area (Å²) in [6.45, 7) is 3.57. The van der Waals surface area contributed by atoms with Gasteiger partial charge in [-0.05, 0) is 25.7 Å². The van der Waals surface area contributed by atoms with E-state index in [0.717, 1.165) is 12.8 Å². The van der Waals surface area contributed by atoms with Crippen LogP contribution in [0.2, 0.25) is 0 Å². The van der Waals surface area contributed by atoms with Crippen molar-refractivity contribution in [3.05, 3.63) is 0 Å². The van der Waals surface area contributed by atoms with Crippen LogP contribution in [-0.2, 0) is 9.59 Å². The summed E-state index contributed by atoms with van der Waals surface area (Å²) >= 11 is 0. The lowest BCUT2D eigenvalue weighted by atomic mass is 9.53. The minimum absolute atomic E-state index is 0.391. The maximum atomic E-state index is 11.5. The van der Waals surface area contributed by atoms with Crippen molar-refractivity contribution in [1.29, 1.82) is 0 Å². The summed E-state index contributed by atoms with van der Waals surface area (Å²) in [4.78, 5) is 23.0. The Hall–Kier alpha value is -1.06. The van der Waals surface area contributed by atoms with Gasteiger partial charge in [0.15, 0.2) is 0 Å². The molecule has 0 heterocycles. The van der Waals surface area contributed by atoms with Gasteiger partial charge in [0.1, 0.15) is 0 Å². The van der Waals surface area contributed by atoms with Crippen molar-refractivity contribution in [3.63, 3.8) is 0 Å². The van der Waals surface area contributed by atoms with Crippen LogP contribution in [-0.4, -0.2) is 22.2 Å². The van der Waals surface area contributed by atoms with Crippen molar-refractivity contribution in [2.24, 2.45) is 10.8 Å². The van der Waals surface area contributed by atoms with Gasteiger partial charge < -0.3 is 10.2 Å². The molecule has 0 saturated heterocycles. The summed E-state index contributed by atoms with van der Waals surface area (Å²) in [5, 5.41) is 18.9. The predicted octanol–water partition coefficient (Wildman–Crippen LogP) is 2.52. The summed E-state index contributed by atoms with van der Waals surface area (Å²) in [5.41, 5.74) is -2.16. The zero-order valence-electron chi connectivity index (χ0n) is 9.95. The second-order valence-electron chi connectivity index (χ2n) is 4.69. The molecule has 2 atom stereocenters. The first-order valence-electron chi connectivity index (χ1n) is 5.93. The zero-order valence-corrected chi connectivity index (χ0v) is 9.95. The van der Waals surface area contributed by atoms with Gasteiger partial charge in [-0.2, -0.15) is 0 Å². The average molecular weight is 228 g/mol. The highest BCUT2D eigenvalue weighted by Gasteiger charge is 2.60. The number of hydrogen-bond acceptors (Lipinski definition) is 2. The van der Waals surface area contributed by atoms with E-state index >= 15 is 0 Å². The van der Waals surface area contributed by atoms with Gasteiger partial charge in [-0.15, -0.1) is 0 Å². The van der Waals surface area contributed by atoms with Gasteiger partial charge in [-0.25, -0.2) is 0 Å². The normalized spacial score (nSPS) is 34.6. The zero-order chi connectivity index (χ0) is 12.4. The topological polar surface area (TPSA) is 74.6 Å². The molecule has 4 nitrogen and oxygen atoms in total. The van der Waals surface area contributed by atoms with E-state index in [1.807, 2.05) is 0 Å². The van der Waals surface area contributed by atoms with Crippen LogP contribution in [0.5, 0.6) is 0 Å². The highest BCUT2D eigenvalue weighted by Crippen LogP contribution is 2.55. The molecule has 0 aromatic heterocycles. The number of carbonyl (C=O) groups is 2. The Bertz CT molecular complexity index is 269. The van der Waals surface area contributed by atoms with Crippen LogP contribution < -0.4 is 0 Å². The molecule has 0 spiro atoms. The molecule has 1 aliphatic carbocycles. The second kappa shape index (κ2) is 4.44. The van der Waals surface area contributed by atoms with Gasteiger partial charge in [0.2, 0.25) is 0 Å². The lowest BCUT2D eigenvalue weighted by molar-refractivity contribution is -0.181. The Morgan fingerprint density at radius 3 is 1.44 bits per heavy atom. The molecular weight excluding hydrogens is 208 g/mol. The quantitative estimate of drug-likeness (QED) is 0.775. The first-order chi connectivity index (χ1) is 7.47. The number of aliphatic carboxylic acids is 2. The van der Waals surface area contributed by atoms with Crippen molar-refractivity contribution < 1.29 is 19.8 Å². The maximum Gasteiger partial charge on any atom is 0.310 e. The van der Waals surface area contributed by atoms with E-state index in [1.54, 1.807) is 13.8 Å². The largest absolute Gasteiger partial charge is 0.481 e. The molecule has 0 amide bonds. The Morgan fingerprint density at radius 2 is 1.25 bits per heavy atom. The number of carboxylic acids is 2. The lowest BCUT2D eigenvalue weighted by Crippen LogP contribution is -2.53. The number of hydrogen-bond donors (Lipinski definition) is 2. The Kier molecular flexibility index (Phi) is 3.61. The number of rotatable bonds is 4. The maximum absolute atomic E-state index is 11.5. The molecule has 2 N–H and O–H groups in total. The van der Waals surface area contributed by atoms with Crippen LogP contribution in [0.3, 0.4) is 0 Å². The fourth-order valence-electron chi connectivity index (χ4n) is 3.29. The van der Waals surface area contributed by atoms with E-state index in [1.165, 1.54) is 0 Å². The molecule has 1 saturated carbocycles. The minimum Gasteiger partial charge on any atom is -0.481 e. The third-order valence-corrected chi connectivity index (χ3v) is 4.40. The highest BCUT2D eigenvalue weighted by atomic mass is 16.4. The standard InChI is InChI=1S/C12H20O4/c1-3-11(9(13)14)7-5-6-8-12(11,4-2)10(15)16/h3-8H2,1-2H3,(H,13,14)(H,15,16)/t11-,12+. The Balaban J connectivity index is 3.29. The summed E-state index contributed by atoms with van der Waals surface area (Å²) in [7, 11) is 0. The summed E-state index contributed by atoms with van der Waals surface area (Å²) in [6, 6.07) is 0. The Morgan fingerprint density at radius 1 is 0.938 bits per heavy atom. The molecule has 16 heavy (non-hydrogen) atoms. The number of carboxylic acid groups (broad SMARTS) is 2. The molecule has 1 aliphatic rings. The summed E-state index contributed by atoms with van der Waals surface area (Å²) in [6.07, 6.45) is 3.38. The van der Waals surface area contributed by atoms with Crippen molar-refractivity contribution in [2.45, 2.75) is 52.4 Å². The van der Waals surface area contributed by atoms with Crippen molar-refractivity contribution in [1.82, 2.24) is 0 Å². The third-order valence-electron chi connectivity index (χ3n) is 4.40. The molecule has 0 aromatic carbocycles.